The zero-order valence-electron chi connectivity index (χ0n) is 39.7. The Balaban J connectivity index is 1.59. The smallest absolute Gasteiger partial charge is 0.497 e. The lowest BCUT2D eigenvalue weighted by molar-refractivity contribution is -0.223. The van der Waals surface area contributed by atoms with E-state index in [1.165, 1.54) is 130 Å². The molecular weight excluding hydrogens is 988 g/mol. The maximum Gasteiger partial charge on any atom is 0.549 e. The summed E-state index contributed by atoms with van der Waals surface area (Å²) in [6.07, 6.45) is -7.24. The molecule has 0 aliphatic carbocycles. The van der Waals surface area contributed by atoms with Crippen LogP contribution in [-0.4, -0.2) is 132 Å². The van der Waals surface area contributed by atoms with Crippen LogP contribution in [0, 0.1) is 5.41 Å². The van der Waals surface area contributed by atoms with Gasteiger partial charge in [-0.3, -0.25) is 0 Å². The van der Waals surface area contributed by atoms with Crippen molar-refractivity contribution in [2.75, 3.05) is 83.3 Å². The normalized spacial score (nSPS) is 10.3. The highest BCUT2D eigenvalue weighted by Crippen LogP contribution is 2.29. The van der Waals surface area contributed by atoms with Gasteiger partial charge >= 0.3 is 48.5 Å². The van der Waals surface area contributed by atoms with Gasteiger partial charge in [-0.2, -0.15) is 19.2 Å². The number of hydrogen-bond donors (Lipinski definition) is 0. The molecule has 0 heterocycles. The monoisotopic (exact) mass is 1030 g/mol. The molecule has 0 atom stereocenters. The largest absolute Gasteiger partial charge is 0.549 e. The summed E-state index contributed by atoms with van der Waals surface area (Å²) in [6.45, 7) is -4.88. The fourth-order valence-electron chi connectivity index (χ4n) is 5.56. The highest BCUT2D eigenvalue weighted by atomic mass is 17.3. The summed E-state index contributed by atoms with van der Waals surface area (Å²) in [5.74, 6) is -4.63. The van der Waals surface area contributed by atoms with E-state index < -0.39 is 80.3 Å². The van der Waals surface area contributed by atoms with Crippen LogP contribution in [-0.2, 0) is 58.0 Å². The van der Waals surface area contributed by atoms with E-state index in [-0.39, 0.29) is 68.2 Å². The fraction of sp³-hybridized carbons (Fsp3) is 0.289. The Bertz CT molecular complexity index is 2250. The van der Waals surface area contributed by atoms with Gasteiger partial charge in [0.05, 0.1) is 56.9 Å². The van der Waals surface area contributed by atoms with Crippen LogP contribution >= 0.6 is 0 Å². The highest BCUT2D eigenvalue weighted by Gasteiger charge is 2.40. The molecule has 0 unspecified atom stereocenters. The molecule has 28 nitrogen and oxygen atoms in total. The molecule has 0 spiro atoms. The van der Waals surface area contributed by atoms with Crippen LogP contribution in [0.4, 0.5) is 19.2 Å². The Morgan fingerprint density at radius 1 is 0.301 bits per heavy atom. The molecule has 0 fully saturated rings. The van der Waals surface area contributed by atoms with E-state index in [2.05, 4.69) is 39.1 Å². The number of ether oxygens (including phenoxy) is 12. The van der Waals surface area contributed by atoms with Crippen LogP contribution in [0.5, 0.6) is 46.0 Å². The summed E-state index contributed by atoms with van der Waals surface area (Å²) in [4.78, 5) is 140. The average Bonchev–Trinajstić information content (AvgIpc) is 3.42. The van der Waals surface area contributed by atoms with Crippen molar-refractivity contribution in [3.8, 4) is 46.0 Å². The maximum absolute atomic E-state index is 12.9. The summed E-state index contributed by atoms with van der Waals surface area (Å²) in [6, 6.07) is 15.9. The van der Waals surface area contributed by atoms with Gasteiger partial charge in [0, 0.05) is 0 Å². The molecule has 0 aliphatic heterocycles. The first-order valence-corrected chi connectivity index (χ1v) is 20.2. The molecule has 0 aliphatic rings. The highest BCUT2D eigenvalue weighted by molar-refractivity contribution is 5.95. The first-order chi connectivity index (χ1) is 35.1. The Hall–Kier alpha value is -9.76. The standard InChI is InChI=1S/C45H44O28/c1-54-25-9-13-33(58-5)29(17-25)37(46)66-70-41(50)62-21-45(22-63-42(51)71-67-38(47)30-18-26(55-2)10-14-34(30)59-6,23-64-43(52)72-68-39(48)31-19-27(56-3)11-15-35(31)60-7)24-65-44(53)73-69-40(49)32-20-28(57-4)12-16-36(32)61-8/h9-20H,21-24H2,1-8H3. The van der Waals surface area contributed by atoms with Crippen LogP contribution in [0.2, 0.25) is 0 Å². The van der Waals surface area contributed by atoms with Gasteiger partial charge in [0.1, 0.15) is 100 Å². The lowest BCUT2D eigenvalue weighted by atomic mass is 9.92. The van der Waals surface area contributed by atoms with Gasteiger partial charge in [-0.1, -0.05) is 0 Å². The molecule has 28 heteroatoms. The second-order valence-corrected chi connectivity index (χ2v) is 13.7. The van der Waals surface area contributed by atoms with Crippen molar-refractivity contribution in [1.82, 2.24) is 0 Å². The number of benzene rings is 4. The number of carbonyl (C=O) groups is 8. The lowest BCUT2D eigenvalue weighted by Crippen LogP contribution is -2.44. The minimum Gasteiger partial charge on any atom is -0.497 e. The Morgan fingerprint density at radius 2 is 0.507 bits per heavy atom. The Labute approximate surface area is 412 Å². The molecule has 4 rings (SSSR count). The Morgan fingerprint density at radius 3 is 0.685 bits per heavy atom. The molecule has 0 saturated carbocycles. The van der Waals surface area contributed by atoms with E-state index in [1.54, 1.807) is 0 Å². The maximum atomic E-state index is 12.9. The Kier molecular flexibility index (Phi) is 21.0. The van der Waals surface area contributed by atoms with Gasteiger partial charge in [-0.15, -0.1) is 0 Å². The fourth-order valence-corrected chi connectivity index (χ4v) is 5.56. The minimum atomic E-state index is -2.39. The van der Waals surface area contributed by atoms with E-state index in [0.717, 1.165) is 0 Å². The third-order valence-electron chi connectivity index (χ3n) is 9.23. The summed E-state index contributed by atoms with van der Waals surface area (Å²) in [7, 11) is 10.1. The predicted octanol–water partition coefficient (Wildman–Crippen LogP) is 5.74. The van der Waals surface area contributed by atoms with Gasteiger partial charge < -0.3 is 56.8 Å². The van der Waals surface area contributed by atoms with Crippen molar-refractivity contribution < 1.29 is 134 Å². The van der Waals surface area contributed by atoms with E-state index >= 15 is 0 Å². The molecule has 73 heavy (non-hydrogen) atoms. The third kappa shape index (κ3) is 16.2. The van der Waals surface area contributed by atoms with Crippen molar-refractivity contribution >= 4 is 48.5 Å². The molecular formula is C45H44O28. The van der Waals surface area contributed by atoms with Crippen molar-refractivity contribution in [2.24, 2.45) is 5.41 Å². The zero-order chi connectivity index (χ0) is 53.5. The van der Waals surface area contributed by atoms with Crippen LogP contribution in [0.15, 0.2) is 72.8 Å². The van der Waals surface area contributed by atoms with Crippen molar-refractivity contribution in [1.29, 1.82) is 0 Å². The number of rotatable bonds is 20. The topological polar surface area (TPSA) is 321 Å². The van der Waals surface area contributed by atoms with Crippen LogP contribution in [0.3, 0.4) is 0 Å². The molecule has 0 aromatic heterocycles. The van der Waals surface area contributed by atoms with E-state index in [1.807, 2.05) is 0 Å². The van der Waals surface area contributed by atoms with Gasteiger partial charge in [0.2, 0.25) is 0 Å². The van der Waals surface area contributed by atoms with E-state index in [9.17, 15) is 38.4 Å². The summed E-state index contributed by atoms with van der Waals surface area (Å²) >= 11 is 0. The lowest BCUT2D eigenvalue weighted by Gasteiger charge is -2.30. The van der Waals surface area contributed by atoms with Gasteiger partial charge in [-0.25, -0.2) is 58.3 Å². The van der Waals surface area contributed by atoms with Crippen molar-refractivity contribution in [3.63, 3.8) is 0 Å². The number of hydrogen-bond acceptors (Lipinski definition) is 28. The first-order valence-electron chi connectivity index (χ1n) is 20.2. The van der Waals surface area contributed by atoms with Gasteiger partial charge in [-0.05, 0) is 72.8 Å². The SMILES string of the molecule is COc1ccc(OC)c(C(=O)OOC(=O)OCC(COC(=O)OOC(=O)c2cc(OC)ccc2OC)(COC(=O)OOC(=O)c2cc(OC)ccc2OC)COC(=O)OOC(=O)c2cc(OC)ccc2OC)c1. The molecule has 0 saturated heterocycles. The quantitative estimate of drug-likeness (QED) is 0.0440. The van der Waals surface area contributed by atoms with Crippen molar-refractivity contribution in [2.45, 2.75) is 0 Å². The molecule has 0 N–H and O–H groups in total. The van der Waals surface area contributed by atoms with Crippen LogP contribution < -0.4 is 37.9 Å². The third-order valence-corrected chi connectivity index (χ3v) is 9.23. The van der Waals surface area contributed by atoms with E-state index in [4.69, 9.17) is 56.8 Å². The molecule has 0 amide bonds. The molecule has 4 aromatic rings. The van der Waals surface area contributed by atoms with Gasteiger partial charge in [0.25, 0.3) is 0 Å². The van der Waals surface area contributed by atoms with Gasteiger partial charge in [0.15, 0.2) is 0 Å². The first kappa shape index (κ1) is 55.8. The van der Waals surface area contributed by atoms with Crippen molar-refractivity contribution in [3.05, 3.63) is 95.1 Å². The number of carbonyl (C=O) groups excluding carboxylic acids is 8. The second-order valence-electron chi connectivity index (χ2n) is 13.7. The molecule has 0 bridgehead atoms. The molecule has 0 radical (unpaired) electrons. The summed E-state index contributed by atoms with van der Waals surface area (Å²) < 4.78 is 61.2. The molecule has 4 aromatic carbocycles. The number of methoxy groups -OCH3 is 8. The van der Waals surface area contributed by atoms with Crippen LogP contribution in [0.25, 0.3) is 0 Å². The molecule has 392 valence electrons. The minimum absolute atomic E-state index is 0.0335. The zero-order valence-corrected chi connectivity index (χ0v) is 39.7. The van der Waals surface area contributed by atoms with E-state index in [0.29, 0.717) is 0 Å². The van der Waals surface area contributed by atoms with Crippen LogP contribution in [0.1, 0.15) is 41.4 Å². The predicted molar refractivity (Wildman–Crippen MR) is 232 cm³/mol. The second kappa shape index (κ2) is 27.4. The average molecular weight is 1030 g/mol. The summed E-state index contributed by atoms with van der Waals surface area (Å²) in [5.41, 5.74) is -3.52. The summed E-state index contributed by atoms with van der Waals surface area (Å²) in [5, 5.41) is 0.